The first-order valence-corrected chi connectivity index (χ1v) is 7.68. The van der Waals surface area contributed by atoms with Crippen LogP contribution in [0, 0.1) is 6.66 Å². The molecule has 0 saturated carbocycles. The Labute approximate surface area is 114 Å². The van der Waals surface area contributed by atoms with Crippen molar-refractivity contribution in [2.24, 2.45) is 0 Å². The van der Waals surface area contributed by atoms with Crippen LogP contribution in [-0.2, 0) is 0 Å². The Morgan fingerprint density at radius 1 is 1.06 bits per heavy atom. The van der Waals surface area contributed by atoms with E-state index in [9.17, 15) is 0 Å². The normalized spacial score (nSPS) is 17.1. The van der Waals surface area contributed by atoms with Gasteiger partial charge >= 0.3 is 18.9 Å². The van der Waals surface area contributed by atoms with Crippen molar-refractivity contribution >= 4 is 7.26 Å². The summed E-state index contributed by atoms with van der Waals surface area (Å²) in [6, 6.07) is 0. The summed E-state index contributed by atoms with van der Waals surface area (Å²) in [5, 5.41) is 2.18. The SMILES string of the molecule is [CH2-][P+](C1=CC=CC1)(C(C)(C)C)C(C)(C)C.[Li+]. The third kappa shape index (κ3) is 2.67. The van der Waals surface area contributed by atoms with Crippen LogP contribution in [0.3, 0.4) is 0 Å². The van der Waals surface area contributed by atoms with E-state index >= 15 is 0 Å². The molecular formula is C14H25LiP+. The molecule has 16 heavy (non-hydrogen) atoms. The molecule has 0 radical (unpaired) electrons. The van der Waals surface area contributed by atoms with E-state index in [4.69, 9.17) is 6.66 Å². The zero-order valence-electron chi connectivity index (χ0n) is 12.1. The molecule has 86 valence electrons. The summed E-state index contributed by atoms with van der Waals surface area (Å²) < 4.78 is 0. The van der Waals surface area contributed by atoms with Crippen molar-refractivity contribution < 1.29 is 18.9 Å². The van der Waals surface area contributed by atoms with Gasteiger partial charge in [-0.2, -0.15) is 6.66 Å². The van der Waals surface area contributed by atoms with Gasteiger partial charge in [-0.05, 0) is 47.6 Å². The molecule has 0 spiro atoms. The summed E-state index contributed by atoms with van der Waals surface area (Å²) in [6.45, 7) is 18.8. The standard InChI is InChI=1S/C14H25P.Li/c1-13(2,3)15(7,14(4,5)6)12-10-8-9-11-12;/h8-10H,7,11H2,1-6H3;/q;+1. The smallest absolute Gasteiger partial charge is 0.174 e. The molecule has 0 bridgehead atoms. The van der Waals surface area contributed by atoms with Crippen molar-refractivity contribution in [2.45, 2.75) is 58.3 Å². The Balaban J connectivity index is 0.00000225. The van der Waals surface area contributed by atoms with E-state index in [2.05, 4.69) is 59.8 Å². The third-order valence-corrected chi connectivity index (χ3v) is 9.43. The van der Waals surface area contributed by atoms with Gasteiger partial charge in [0, 0.05) is 22.0 Å². The molecule has 1 rings (SSSR count). The van der Waals surface area contributed by atoms with Crippen LogP contribution in [0.1, 0.15) is 48.0 Å². The van der Waals surface area contributed by atoms with Gasteiger partial charge in [-0.1, -0.05) is 19.4 Å². The molecule has 1 aliphatic carbocycles. The predicted molar refractivity (Wildman–Crippen MR) is 73.6 cm³/mol. The van der Waals surface area contributed by atoms with E-state index in [0.29, 0.717) is 10.3 Å². The molecule has 0 saturated heterocycles. The zero-order chi connectivity index (χ0) is 11.9. The minimum atomic E-state index is -1.34. The fraction of sp³-hybridized carbons (Fsp3) is 0.643. The summed E-state index contributed by atoms with van der Waals surface area (Å²) in [6.07, 6.45) is 7.86. The van der Waals surface area contributed by atoms with E-state index in [1.807, 2.05) is 0 Å². The Hall–Kier alpha value is 0.507. The fourth-order valence-electron chi connectivity index (χ4n) is 2.59. The molecule has 0 N–H and O–H groups in total. The third-order valence-electron chi connectivity index (χ3n) is 3.53. The van der Waals surface area contributed by atoms with Crippen LogP contribution < -0.4 is 18.9 Å². The molecule has 0 heterocycles. The van der Waals surface area contributed by atoms with E-state index in [0.717, 1.165) is 6.42 Å². The van der Waals surface area contributed by atoms with Crippen LogP contribution >= 0.6 is 7.26 Å². The second-order valence-corrected chi connectivity index (χ2v) is 11.3. The second kappa shape index (κ2) is 5.02. The maximum atomic E-state index is 4.70. The van der Waals surface area contributed by atoms with Gasteiger partial charge < -0.3 is 0 Å². The molecule has 0 aromatic rings. The van der Waals surface area contributed by atoms with Gasteiger partial charge in [0.05, 0.1) is 0 Å². The summed E-state index contributed by atoms with van der Waals surface area (Å²) in [5.74, 6) is 0. The van der Waals surface area contributed by atoms with Gasteiger partial charge in [0.2, 0.25) is 0 Å². The van der Waals surface area contributed by atoms with Crippen LogP contribution in [0.4, 0.5) is 0 Å². The van der Waals surface area contributed by atoms with E-state index in [-0.39, 0.29) is 18.9 Å². The first-order chi connectivity index (χ1) is 6.61. The van der Waals surface area contributed by atoms with E-state index < -0.39 is 7.26 Å². The topological polar surface area (TPSA) is 0 Å². The van der Waals surface area contributed by atoms with Crippen molar-refractivity contribution in [3.05, 3.63) is 30.2 Å². The maximum Gasteiger partial charge on any atom is 1.00 e. The molecule has 0 aromatic carbocycles. The molecule has 2 heteroatoms. The Kier molecular flexibility index (Phi) is 5.18. The predicted octanol–water partition coefficient (Wildman–Crippen LogP) is 2.24. The van der Waals surface area contributed by atoms with Gasteiger partial charge in [-0.3, -0.25) is 0 Å². The quantitative estimate of drug-likeness (QED) is 0.369. The van der Waals surface area contributed by atoms with Crippen LogP contribution in [-0.4, -0.2) is 10.3 Å². The summed E-state index contributed by atoms with van der Waals surface area (Å²) in [7, 11) is -1.34. The Morgan fingerprint density at radius 3 is 1.75 bits per heavy atom. The van der Waals surface area contributed by atoms with Crippen LogP contribution in [0.15, 0.2) is 23.5 Å². The van der Waals surface area contributed by atoms with Crippen molar-refractivity contribution in [2.75, 3.05) is 0 Å². The number of rotatable bonds is 1. The van der Waals surface area contributed by atoms with Crippen LogP contribution in [0.2, 0.25) is 0 Å². The molecule has 0 aromatic heterocycles. The van der Waals surface area contributed by atoms with Gasteiger partial charge in [0.25, 0.3) is 0 Å². The first-order valence-electron chi connectivity index (χ1n) is 5.70. The van der Waals surface area contributed by atoms with Crippen molar-refractivity contribution in [1.29, 1.82) is 0 Å². The summed E-state index contributed by atoms with van der Waals surface area (Å²) in [5.41, 5.74) is 0. The molecule has 0 amide bonds. The largest absolute Gasteiger partial charge is 1.00 e. The van der Waals surface area contributed by atoms with Crippen molar-refractivity contribution in [1.82, 2.24) is 0 Å². The van der Waals surface area contributed by atoms with Gasteiger partial charge in [0.1, 0.15) is 0 Å². The molecule has 0 unspecified atom stereocenters. The van der Waals surface area contributed by atoms with Gasteiger partial charge in [0.15, 0.2) is 0 Å². The van der Waals surface area contributed by atoms with E-state index in [1.165, 1.54) is 0 Å². The zero-order valence-corrected chi connectivity index (χ0v) is 13.0. The maximum absolute atomic E-state index is 4.70. The molecule has 0 fully saturated rings. The fourth-order valence-corrected chi connectivity index (χ4v) is 7.08. The average Bonchev–Trinajstić information content (AvgIpc) is 2.49. The first kappa shape index (κ1) is 16.5. The minimum absolute atomic E-state index is 0. The van der Waals surface area contributed by atoms with E-state index in [1.54, 1.807) is 5.31 Å². The minimum Gasteiger partial charge on any atom is -0.174 e. The molecule has 0 nitrogen and oxygen atoms in total. The number of hydrogen-bond donors (Lipinski definition) is 0. The van der Waals surface area contributed by atoms with Crippen molar-refractivity contribution in [3.63, 3.8) is 0 Å². The van der Waals surface area contributed by atoms with Gasteiger partial charge in [-0.15, -0.1) is 0 Å². The summed E-state index contributed by atoms with van der Waals surface area (Å²) in [4.78, 5) is 0. The molecular weight excluding hydrogens is 206 g/mol. The number of allylic oxidation sites excluding steroid dienone is 4. The van der Waals surface area contributed by atoms with Gasteiger partial charge in [-0.25, -0.2) is 0 Å². The molecule has 0 aliphatic heterocycles. The van der Waals surface area contributed by atoms with Crippen LogP contribution in [0.25, 0.3) is 0 Å². The molecule has 0 atom stereocenters. The average molecular weight is 231 g/mol. The summed E-state index contributed by atoms with van der Waals surface area (Å²) >= 11 is 0. The van der Waals surface area contributed by atoms with Crippen LogP contribution in [0.5, 0.6) is 0 Å². The van der Waals surface area contributed by atoms with Crippen molar-refractivity contribution in [3.8, 4) is 0 Å². The number of hydrogen-bond acceptors (Lipinski definition) is 0. The second-order valence-electron chi connectivity index (χ2n) is 6.44. The molecule has 1 aliphatic rings. The Morgan fingerprint density at radius 2 is 1.50 bits per heavy atom. The Bertz CT molecular complexity index is 286. The monoisotopic (exact) mass is 231 g/mol.